The number of guanidine groups is 1. The van der Waals surface area contributed by atoms with Crippen molar-refractivity contribution in [3.63, 3.8) is 0 Å². The van der Waals surface area contributed by atoms with Crippen molar-refractivity contribution in [3.8, 4) is 11.5 Å². The number of amides is 1. The van der Waals surface area contributed by atoms with Crippen LogP contribution in [0.3, 0.4) is 0 Å². The molecule has 0 aromatic heterocycles. The van der Waals surface area contributed by atoms with Crippen LogP contribution >= 0.6 is 0 Å². The Morgan fingerprint density at radius 1 is 1.08 bits per heavy atom. The molecule has 0 radical (unpaired) electrons. The maximum absolute atomic E-state index is 11.9. The van der Waals surface area contributed by atoms with E-state index in [4.69, 9.17) is 15.2 Å². The lowest BCUT2D eigenvalue weighted by Gasteiger charge is -2.11. The summed E-state index contributed by atoms with van der Waals surface area (Å²) in [5.41, 5.74) is 7.28. The van der Waals surface area contributed by atoms with Crippen molar-refractivity contribution in [1.29, 1.82) is 0 Å². The summed E-state index contributed by atoms with van der Waals surface area (Å²) in [6, 6.07) is 14.6. The van der Waals surface area contributed by atoms with Gasteiger partial charge < -0.3 is 25.8 Å². The summed E-state index contributed by atoms with van der Waals surface area (Å²) in [4.78, 5) is 16.1. The molecule has 0 atom stereocenters. The Labute approximate surface area is 152 Å². The lowest BCUT2D eigenvalue weighted by atomic mass is 10.2. The summed E-state index contributed by atoms with van der Waals surface area (Å²) < 4.78 is 11.2. The normalized spacial score (nSPS) is 13.6. The third-order valence-electron chi connectivity index (χ3n) is 3.74. The van der Waals surface area contributed by atoms with Crippen molar-refractivity contribution in [2.75, 3.05) is 31.6 Å². The molecule has 0 bridgehead atoms. The Kier molecular flexibility index (Phi) is 5.92. The van der Waals surface area contributed by atoms with E-state index in [0.717, 1.165) is 17.9 Å². The van der Waals surface area contributed by atoms with Crippen LogP contribution in [0.15, 0.2) is 53.5 Å². The first-order valence-electron chi connectivity index (χ1n) is 8.52. The molecule has 0 fully saturated rings. The number of nitrogens with one attached hydrogen (secondary N) is 2. The lowest BCUT2D eigenvalue weighted by molar-refractivity contribution is 0.0955. The molecule has 1 aliphatic rings. The zero-order valence-electron chi connectivity index (χ0n) is 14.4. The quantitative estimate of drug-likeness (QED) is 0.433. The van der Waals surface area contributed by atoms with Crippen molar-refractivity contribution in [2.24, 2.45) is 10.7 Å². The van der Waals surface area contributed by atoms with Crippen LogP contribution in [0.4, 0.5) is 5.69 Å². The summed E-state index contributed by atoms with van der Waals surface area (Å²) in [6.07, 6.45) is 0.857. The highest BCUT2D eigenvalue weighted by atomic mass is 16.5. The van der Waals surface area contributed by atoms with Gasteiger partial charge in [-0.15, -0.1) is 0 Å². The molecule has 7 heteroatoms. The van der Waals surface area contributed by atoms with Crippen LogP contribution < -0.4 is 25.8 Å². The number of hydrogen-bond donors (Lipinski definition) is 3. The lowest BCUT2D eigenvalue weighted by Crippen LogP contribution is -2.28. The minimum absolute atomic E-state index is 0.129. The smallest absolute Gasteiger partial charge is 0.251 e. The average Bonchev–Trinajstić information content (AvgIpc) is 2.91. The Bertz CT molecular complexity index is 778. The second kappa shape index (κ2) is 8.75. The fourth-order valence-electron chi connectivity index (χ4n) is 2.47. The maximum atomic E-state index is 11.9. The van der Waals surface area contributed by atoms with Gasteiger partial charge in [-0.3, -0.25) is 9.79 Å². The van der Waals surface area contributed by atoms with Crippen molar-refractivity contribution < 1.29 is 14.3 Å². The van der Waals surface area contributed by atoms with Gasteiger partial charge >= 0.3 is 0 Å². The molecule has 0 spiro atoms. The molecule has 4 N–H and O–H groups in total. The third kappa shape index (κ3) is 4.89. The van der Waals surface area contributed by atoms with Crippen LogP contribution in [0.2, 0.25) is 0 Å². The largest absolute Gasteiger partial charge is 0.490 e. The predicted molar refractivity (Wildman–Crippen MR) is 101 cm³/mol. The van der Waals surface area contributed by atoms with Crippen LogP contribution in [0, 0.1) is 0 Å². The van der Waals surface area contributed by atoms with Crippen LogP contribution in [0.5, 0.6) is 11.5 Å². The van der Waals surface area contributed by atoms with Gasteiger partial charge in [0.1, 0.15) is 0 Å². The number of fused-ring (bicyclic) bond motifs is 1. The minimum atomic E-state index is -0.129. The molecule has 26 heavy (non-hydrogen) atoms. The van der Waals surface area contributed by atoms with Gasteiger partial charge in [0.05, 0.1) is 19.8 Å². The molecule has 1 aliphatic heterocycles. The SMILES string of the molecule is NC(=NCCNC(=O)c1ccccc1)Nc1ccc2c(c1)OCCCO2. The Morgan fingerprint density at radius 2 is 1.85 bits per heavy atom. The summed E-state index contributed by atoms with van der Waals surface area (Å²) >= 11 is 0. The van der Waals surface area contributed by atoms with Gasteiger partial charge in [-0.05, 0) is 24.3 Å². The molecule has 3 rings (SSSR count). The first-order chi connectivity index (χ1) is 12.7. The van der Waals surface area contributed by atoms with Crippen molar-refractivity contribution in [3.05, 3.63) is 54.1 Å². The van der Waals surface area contributed by atoms with E-state index >= 15 is 0 Å². The van der Waals surface area contributed by atoms with Gasteiger partial charge in [0.25, 0.3) is 5.91 Å². The van der Waals surface area contributed by atoms with Gasteiger partial charge in [0, 0.05) is 30.3 Å². The monoisotopic (exact) mass is 354 g/mol. The van der Waals surface area contributed by atoms with E-state index < -0.39 is 0 Å². The fraction of sp³-hybridized carbons (Fsp3) is 0.263. The number of aliphatic imine (C=N–C) groups is 1. The number of ether oxygens (including phenoxy) is 2. The van der Waals surface area contributed by atoms with Crippen molar-refractivity contribution in [1.82, 2.24) is 5.32 Å². The Morgan fingerprint density at radius 3 is 2.65 bits per heavy atom. The number of hydrogen-bond acceptors (Lipinski definition) is 4. The molecular formula is C19H22N4O3. The second-order valence-electron chi connectivity index (χ2n) is 5.73. The van der Waals surface area contributed by atoms with Gasteiger partial charge in [0.2, 0.25) is 0 Å². The van der Waals surface area contributed by atoms with Crippen LogP contribution in [0.25, 0.3) is 0 Å². The van der Waals surface area contributed by atoms with E-state index in [2.05, 4.69) is 15.6 Å². The molecule has 0 saturated heterocycles. The molecule has 2 aromatic rings. The molecule has 1 heterocycles. The third-order valence-corrected chi connectivity index (χ3v) is 3.74. The zero-order chi connectivity index (χ0) is 18.2. The standard InChI is InChI=1S/C19H22N4O3/c20-19(22-10-9-21-18(24)14-5-2-1-3-6-14)23-15-7-8-16-17(13-15)26-12-4-11-25-16/h1-3,5-8,13H,4,9-12H2,(H,21,24)(H3,20,22,23). The average molecular weight is 354 g/mol. The predicted octanol–water partition coefficient (Wildman–Crippen LogP) is 2.00. The molecule has 0 aliphatic carbocycles. The van der Waals surface area contributed by atoms with E-state index in [1.54, 1.807) is 12.1 Å². The van der Waals surface area contributed by atoms with Crippen LogP contribution in [0.1, 0.15) is 16.8 Å². The number of rotatable bonds is 5. The Balaban J connectivity index is 1.48. The van der Waals surface area contributed by atoms with Gasteiger partial charge in [0.15, 0.2) is 17.5 Å². The number of carbonyl (C=O) groups excluding carboxylic acids is 1. The van der Waals surface area contributed by atoms with Crippen molar-refractivity contribution in [2.45, 2.75) is 6.42 Å². The number of nitrogens with two attached hydrogens (primary N) is 1. The van der Waals surface area contributed by atoms with Gasteiger partial charge in [-0.25, -0.2) is 0 Å². The van der Waals surface area contributed by atoms with Crippen LogP contribution in [-0.2, 0) is 0 Å². The van der Waals surface area contributed by atoms with E-state index in [1.165, 1.54) is 0 Å². The highest BCUT2D eigenvalue weighted by Gasteiger charge is 2.10. The van der Waals surface area contributed by atoms with Gasteiger partial charge in [-0.2, -0.15) is 0 Å². The van der Waals surface area contributed by atoms with Crippen molar-refractivity contribution >= 4 is 17.6 Å². The van der Waals surface area contributed by atoms with E-state index in [9.17, 15) is 4.79 Å². The van der Waals surface area contributed by atoms with E-state index in [-0.39, 0.29) is 11.9 Å². The van der Waals surface area contributed by atoms with E-state index in [1.807, 2.05) is 36.4 Å². The molecule has 2 aromatic carbocycles. The molecular weight excluding hydrogens is 332 g/mol. The highest BCUT2D eigenvalue weighted by Crippen LogP contribution is 2.32. The zero-order valence-corrected chi connectivity index (χ0v) is 14.4. The molecule has 7 nitrogen and oxygen atoms in total. The first kappa shape index (κ1) is 17.6. The summed E-state index contributed by atoms with van der Waals surface area (Å²) in [7, 11) is 0. The molecule has 1 amide bonds. The number of carbonyl (C=O) groups is 1. The molecule has 0 saturated carbocycles. The highest BCUT2D eigenvalue weighted by molar-refractivity contribution is 5.94. The second-order valence-corrected chi connectivity index (χ2v) is 5.73. The minimum Gasteiger partial charge on any atom is -0.490 e. The first-order valence-corrected chi connectivity index (χ1v) is 8.52. The van der Waals surface area contributed by atoms with Gasteiger partial charge in [-0.1, -0.05) is 18.2 Å². The number of anilines is 1. The summed E-state index contributed by atoms with van der Waals surface area (Å²) in [5.74, 6) is 1.56. The van der Waals surface area contributed by atoms with Crippen LogP contribution in [-0.4, -0.2) is 38.2 Å². The molecule has 136 valence electrons. The Hall–Kier alpha value is -3.22. The maximum Gasteiger partial charge on any atom is 0.251 e. The number of benzene rings is 2. The number of nitrogens with zero attached hydrogens (tertiary/aromatic N) is 1. The summed E-state index contributed by atoms with van der Waals surface area (Å²) in [6.45, 7) is 2.05. The van der Waals surface area contributed by atoms with E-state index in [0.29, 0.717) is 37.6 Å². The summed E-state index contributed by atoms with van der Waals surface area (Å²) in [5, 5.41) is 5.81. The topological polar surface area (TPSA) is 98.0 Å². The molecule has 0 unspecified atom stereocenters. The fourth-order valence-corrected chi connectivity index (χ4v) is 2.47.